The molecule has 5 heteroatoms. The van der Waals surface area contributed by atoms with Crippen LogP contribution < -0.4 is 10.6 Å². The van der Waals surface area contributed by atoms with Gasteiger partial charge in [0, 0.05) is 18.7 Å². The number of anilines is 2. The second-order valence-electron chi connectivity index (χ2n) is 5.23. The molecule has 1 heterocycles. The molecule has 0 aliphatic carbocycles. The molecule has 0 saturated heterocycles. The van der Waals surface area contributed by atoms with Gasteiger partial charge in [0.15, 0.2) is 5.16 Å². The SMILES string of the molecule is CCCNc1cc(NC(C)CC(C)C)nc(SC)n1. The normalized spacial score (nSPS) is 12.5. The van der Waals surface area contributed by atoms with Crippen LogP contribution in [0.1, 0.15) is 40.5 Å². The Labute approximate surface area is 121 Å². The highest BCUT2D eigenvalue weighted by Gasteiger charge is 2.08. The molecular weight excluding hydrogens is 256 g/mol. The van der Waals surface area contributed by atoms with Gasteiger partial charge in [-0.3, -0.25) is 0 Å². The molecular formula is C14H26N4S. The fraction of sp³-hybridized carbons (Fsp3) is 0.714. The zero-order valence-corrected chi connectivity index (χ0v) is 13.5. The van der Waals surface area contributed by atoms with Gasteiger partial charge in [-0.1, -0.05) is 32.5 Å². The summed E-state index contributed by atoms with van der Waals surface area (Å²) < 4.78 is 0. The lowest BCUT2D eigenvalue weighted by molar-refractivity contribution is 0.538. The third kappa shape index (κ3) is 6.14. The van der Waals surface area contributed by atoms with Crippen molar-refractivity contribution in [3.05, 3.63) is 6.07 Å². The lowest BCUT2D eigenvalue weighted by Gasteiger charge is -2.17. The molecule has 0 aliphatic heterocycles. The monoisotopic (exact) mass is 282 g/mol. The lowest BCUT2D eigenvalue weighted by atomic mass is 10.1. The summed E-state index contributed by atoms with van der Waals surface area (Å²) in [6.45, 7) is 9.75. The zero-order chi connectivity index (χ0) is 14.3. The van der Waals surface area contributed by atoms with Crippen LogP contribution in [0.2, 0.25) is 0 Å². The summed E-state index contributed by atoms with van der Waals surface area (Å²) in [7, 11) is 0. The Kier molecular flexibility index (Phi) is 6.99. The van der Waals surface area contributed by atoms with E-state index in [9.17, 15) is 0 Å². The van der Waals surface area contributed by atoms with Gasteiger partial charge in [0.1, 0.15) is 11.6 Å². The fourth-order valence-corrected chi connectivity index (χ4v) is 2.33. The second kappa shape index (κ2) is 8.25. The second-order valence-corrected chi connectivity index (χ2v) is 6.00. The third-order valence-electron chi connectivity index (χ3n) is 2.66. The van der Waals surface area contributed by atoms with E-state index in [1.165, 1.54) is 0 Å². The van der Waals surface area contributed by atoms with Crippen LogP contribution in [0, 0.1) is 5.92 Å². The first-order valence-electron chi connectivity index (χ1n) is 6.98. The molecule has 1 rings (SSSR count). The minimum Gasteiger partial charge on any atom is -0.370 e. The first kappa shape index (κ1) is 16.1. The van der Waals surface area contributed by atoms with Gasteiger partial charge in [0.05, 0.1) is 0 Å². The van der Waals surface area contributed by atoms with Crippen molar-refractivity contribution in [3.63, 3.8) is 0 Å². The van der Waals surface area contributed by atoms with Crippen molar-refractivity contribution in [1.82, 2.24) is 9.97 Å². The Balaban J connectivity index is 2.75. The fourth-order valence-electron chi connectivity index (χ4n) is 1.95. The number of aromatic nitrogens is 2. The summed E-state index contributed by atoms with van der Waals surface area (Å²) in [4.78, 5) is 8.97. The Bertz CT molecular complexity index is 382. The standard InChI is InChI=1S/C14H26N4S/c1-6-7-15-12-9-13(18-14(17-12)19-5)16-11(4)8-10(2)3/h9-11H,6-8H2,1-5H3,(H2,15,16,17,18). The molecule has 0 aliphatic rings. The van der Waals surface area contributed by atoms with Gasteiger partial charge < -0.3 is 10.6 Å². The Morgan fingerprint density at radius 1 is 1.21 bits per heavy atom. The molecule has 1 aromatic rings. The van der Waals surface area contributed by atoms with Gasteiger partial charge in [0.2, 0.25) is 0 Å². The maximum Gasteiger partial charge on any atom is 0.191 e. The van der Waals surface area contributed by atoms with E-state index < -0.39 is 0 Å². The molecule has 0 spiro atoms. The molecule has 0 saturated carbocycles. The van der Waals surface area contributed by atoms with Crippen molar-refractivity contribution < 1.29 is 0 Å². The molecule has 19 heavy (non-hydrogen) atoms. The summed E-state index contributed by atoms with van der Waals surface area (Å²) in [5, 5.41) is 7.59. The van der Waals surface area contributed by atoms with Crippen LogP contribution in [0.3, 0.4) is 0 Å². The van der Waals surface area contributed by atoms with Crippen molar-refractivity contribution in [2.75, 3.05) is 23.4 Å². The average molecular weight is 282 g/mol. The quantitative estimate of drug-likeness (QED) is 0.560. The van der Waals surface area contributed by atoms with E-state index in [1.807, 2.05) is 12.3 Å². The highest BCUT2D eigenvalue weighted by molar-refractivity contribution is 7.98. The predicted molar refractivity (Wildman–Crippen MR) is 85.1 cm³/mol. The molecule has 4 nitrogen and oxygen atoms in total. The Morgan fingerprint density at radius 3 is 2.47 bits per heavy atom. The Morgan fingerprint density at radius 2 is 1.89 bits per heavy atom. The minimum atomic E-state index is 0.420. The number of nitrogens with one attached hydrogen (secondary N) is 2. The summed E-state index contributed by atoms with van der Waals surface area (Å²) >= 11 is 1.57. The summed E-state index contributed by atoms with van der Waals surface area (Å²) in [6.07, 6.45) is 4.22. The molecule has 0 radical (unpaired) electrons. The van der Waals surface area contributed by atoms with Crippen molar-refractivity contribution >= 4 is 23.4 Å². The third-order valence-corrected chi connectivity index (χ3v) is 3.21. The number of thioether (sulfide) groups is 1. The van der Waals surface area contributed by atoms with Crippen LogP contribution in [0.4, 0.5) is 11.6 Å². The molecule has 1 unspecified atom stereocenters. The van der Waals surface area contributed by atoms with Crippen LogP contribution in [-0.4, -0.2) is 28.8 Å². The van der Waals surface area contributed by atoms with Crippen LogP contribution in [0.25, 0.3) is 0 Å². The van der Waals surface area contributed by atoms with Gasteiger partial charge in [-0.15, -0.1) is 0 Å². The van der Waals surface area contributed by atoms with Crippen LogP contribution in [0.5, 0.6) is 0 Å². The first-order valence-corrected chi connectivity index (χ1v) is 8.21. The highest BCUT2D eigenvalue weighted by Crippen LogP contribution is 2.19. The van der Waals surface area contributed by atoms with Crippen molar-refractivity contribution in [3.8, 4) is 0 Å². The van der Waals surface area contributed by atoms with Gasteiger partial charge >= 0.3 is 0 Å². The molecule has 1 aromatic heterocycles. The number of nitrogens with zero attached hydrogens (tertiary/aromatic N) is 2. The number of rotatable bonds is 8. The summed E-state index contributed by atoms with van der Waals surface area (Å²) in [5.74, 6) is 2.49. The molecule has 1 atom stereocenters. The minimum absolute atomic E-state index is 0.420. The van der Waals surface area contributed by atoms with Crippen LogP contribution >= 0.6 is 11.8 Å². The van der Waals surface area contributed by atoms with Crippen LogP contribution in [-0.2, 0) is 0 Å². The molecule has 0 amide bonds. The average Bonchev–Trinajstić information content (AvgIpc) is 2.34. The van der Waals surface area contributed by atoms with E-state index >= 15 is 0 Å². The smallest absolute Gasteiger partial charge is 0.191 e. The van der Waals surface area contributed by atoms with E-state index in [2.05, 4.69) is 48.3 Å². The van der Waals surface area contributed by atoms with Gasteiger partial charge in [0.25, 0.3) is 0 Å². The topological polar surface area (TPSA) is 49.8 Å². The van der Waals surface area contributed by atoms with Crippen molar-refractivity contribution in [1.29, 1.82) is 0 Å². The van der Waals surface area contributed by atoms with Gasteiger partial charge in [-0.25, -0.2) is 9.97 Å². The first-order chi connectivity index (χ1) is 9.05. The molecule has 2 N–H and O–H groups in total. The maximum absolute atomic E-state index is 4.51. The van der Waals surface area contributed by atoms with Crippen LogP contribution in [0.15, 0.2) is 11.2 Å². The van der Waals surface area contributed by atoms with Gasteiger partial charge in [-0.2, -0.15) is 0 Å². The Hall–Kier alpha value is -0.970. The lowest BCUT2D eigenvalue weighted by Crippen LogP contribution is -2.18. The zero-order valence-electron chi connectivity index (χ0n) is 12.7. The maximum atomic E-state index is 4.51. The van der Waals surface area contributed by atoms with Crippen molar-refractivity contribution in [2.45, 2.75) is 51.7 Å². The highest BCUT2D eigenvalue weighted by atomic mass is 32.2. The van der Waals surface area contributed by atoms with E-state index in [-0.39, 0.29) is 0 Å². The largest absolute Gasteiger partial charge is 0.370 e. The predicted octanol–water partition coefficient (Wildman–Crippen LogP) is 3.87. The van der Waals surface area contributed by atoms with E-state index in [1.54, 1.807) is 11.8 Å². The van der Waals surface area contributed by atoms with Crippen molar-refractivity contribution in [2.24, 2.45) is 5.92 Å². The van der Waals surface area contributed by atoms with Gasteiger partial charge in [-0.05, 0) is 31.9 Å². The van der Waals surface area contributed by atoms with E-state index in [0.717, 1.165) is 36.2 Å². The van der Waals surface area contributed by atoms with E-state index in [4.69, 9.17) is 0 Å². The molecule has 0 fully saturated rings. The molecule has 0 aromatic carbocycles. The summed E-state index contributed by atoms with van der Waals surface area (Å²) in [5.41, 5.74) is 0. The molecule has 108 valence electrons. The van der Waals surface area contributed by atoms with E-state index in [0.29, 0.717) is 12.0 Å². The summed E-state index contributed by atoms with van der Waals surface area (Å²) in [6, 6.07) is 2.41. The number of hydrogen-bond acceptors (Lipinski definition) is 5. The number of hydrogen-bond donors (Lipinski definition) is 2. The molecule has 0 bridgehead atoms.